The summed E-state index contributed by atoms with van der Waals surface area (Å²) < 4.78 is 9.91. The Hall–Kier alpha value is -1.23. The van der Waals surface area contributed by atoms with Crippen molar-refractivity contribution in [3.8, 4) is 0 Å². The van der Waals surface area contributed by atoms with Crippen molar-refractivity contribution in [2.45, 2.75) is 6.92 Å². The zero-order valence-corrected chi connectivity index (χ0v) is 8.36. The van der Waals surface area contributed by atoms with Crippen molar-refractivity contribution in [3.63, 3.8) is 0 Å². The van der Waals surface area contributed by atoms with Crippen LogP contribution in [-0.2, 0) is 14.3 Å². The molecule has 0 amide bonds. The predicted octanol–water partition coefficient (Wildman–Crippen LogP) is -0.318. The molecule has 1 saturated heterocycles. The first-order chi connectivity index (χ1) is 6.74. The number of hydrogen-bond donors (Lipinski definition) is 1. The maximum absolute atomic E-state index is 11.1. The number of esters is 1. The van der Waals surface area contributed by atoms with Gasteiger partial charge in [-0.1, -0.05) is 0 Å². The molecule has 0 unspecified atom stereocenters. The summed E-state index contributed by atoms with van der Waals surface area (Å²) in [6.45, 7) is 4.88. The van der Waals surface area contributed by atoms with Crippen LogP contribution in [0, 0.1) is 0 Å². The summed E-state index contributed by atoms with van der Waals surface area (Å²) in [7, 11) is 0. The average molecular weight is 200 g/mol. The van der Waals surface area contributed by atoms with Crippen LogP contribution >= 0.6 is 0 Å². The number of nitrogens with two attached hydrogens (primary N) is 1. The van der Waals surface area contributed by atoms with Crippen LogP contribution in [0.3, 0.4) is 0 Å². The molecule has 0 aromatic carbocycles. The molecule has 14 heavy (non-hydrogen) atoms. The minimum absolute atomic E-state index is 0.367. The molecule has 2 N–H and O–H groups in total. The summed E-state index contributed by atoms with van der Waals surface area (Å²) in [6.07, 6.45) is 1.31. The Morgan fingerprint density at radius 2 is 2.21 bits per heavy atom. The lowest BCUT2D eigenvalue weighted by molar-refractivity contribution is -0.137. The molecule has 1 fully saturated rings. The normalized spacial score (nSPS) is 18.1. The van der Waals surface area contributed by atoms with Gasteiger partial charge in [-0.15, -0.1) is 0 Å². The van der Waals surface area contributed by atoms with Gasteiger partial charge in [-0.3, -0.25) is 0 Å². The SMILES string of the molecule is CCOC(=O)C=C(N)N1CCOCC1. The van der Waals surface area contributed by atoms with Crippen LogP contribution in [0.4, 0.5) is 0 Å². The Morgan fingerprint density at radius 3 is 2.79 bits per heavy atom. The van der Waals surface area contributed by atoms with Crippen molar-refractivity contribution >= 4 is 5.97 Å². The van der Waals surface area contributed by atoms with E-state index in [1.807, 2.05) is 4.90 Å². The fourth-order valence-electron chi connectivity index (χ4n) is 1.22. The molecule has 1 aliphatic heterocycles. The van der Waals surface area contributed by atoms with Crippen LogP contribution in [0.25, 0.3) is 0 Å². The first-order valence-electron chi connectivity index (χ1n) is 4.70. The monoisotopic (exact) mass is 200 g/mol. The molecule has 0 spiro atoms. The number of carbonyl (C=O) groups excluding carboxylic acids is 1. The quantitative estimate of drug-likeness (QED) is 0.499. The number of nitrogens with zero attached hydrogens (tertiary/aromatic N) is 1. The predicted molar refractivity (Wildman–Crippen MR) is 51.3 cm³/mol. The van der Waals surface area contributed by atoms with Crippen molar-refractivity contribution in [2.75, 3.05) is 32.9 Å². The average Bonchev–Trinajstić information content (AvgIpc) is 2.19. The van der Waals surface area contributed by atoms with Gasteiger partial charge >= 0.3 is 5.97 Å². The molecule has 0 saturated carbocycles. The van der Waals surface area contributed by atoms with Gasteiger partial charge in [0.25, 0.3) is 0 Å². The molecule has 0 aromatic rings. The van der Waals surface area contributed by atoms with E-state index in [1.165, 1.54) is 6.08 Å². The van der Waals surface area contributed by atoms with Crippen molar-refractivity contribution in [3.05, 3.63) is 11.9 Å². The second-order valence-corrected chi connectivity index (χ2v) is 2.92. The highest BCUT2D eigenvalue weighted by molar-refractivity contribution is 5.82. The van der Waals surface area contributed by atoms with E-state index in [1.54, 1.807) is 6.92 Å². The fraction of sp³-hybridized carbons (Fsp3) is 0.667. The van der Waals surface area contributed by atoms with Gasteiger partial charge in [0.05, 0.1) is 25.9 Å². The van der Waals surface area contributed by atoms with Crippen molar-refractivity contribution in [1.29, 1.82) is 0 Å². The summed E-state index contributed by atoms with van der Waals surface area (Å²) in [4.78, 5) is 13.0. The van der Waals surface area contributed by atoms with E-state index in [2.05, 4.69) is 0 Å². The molecule has 1 aliphatic rings. The van der Waals surface area contributed by atoms with E-state index >= 15 is 0 Å². The van der Waals surface area contributed by atoms with Crippen molar-refractivity contribution in [2.24, 2.45) is 5.73 Å². The summed E-state index contributed by atoms with van der Waals surface area (Å²) >= 11 is 0. The molecular formula is C9H16N2O3. The first-order valence-corrected chi connectivity index (χ1v) is 4.70. The van der Waals surface area contributed by atoms with Gasteiger partial charge in [-0.25, -0.2) is 4.79 Å². The topological polar surface area (TPSA) is 64.8 Å². The first kappa shape index (κ1) is 10.8. The summed E-state index contributed by atoms with van der Waals surface area (Å²) in [5, 5.41) is 0. The van der Waals surface area contributed by atoms with Crippen LogP contribution in [0.2, 0.25) is 0 Å². The van der Waals surface area contributed by atoms with E-state index in [9.17, 15) is 4.79 Å². The van der Waals surface area contributed by atoms with E-state index < -0.39 is 5.97 Å². The number of ether oxygens (including phenoxy) is 2. The maximum Gasteiger partial charge on any atom is 0.334 e. The third-order valence-electron chi connectivity index (χ3n) is 1.93. The van der Waals surface area contributed by atoms with Crippen molar-refractivity contribution < 1.29 is 14.3 Å². The largest absolute Gasteiger partial charge is 0.463 e. The highest BCUT2D eigenvalue weighted by atomic mass is 16.5. The standard InChI is InChI=1S/C9H16N2O3/c1-2-14-9(12)7-8(10)11-3-5-13-6-4-11/h7H,2-6,10H2,1H3. The van der Waals surface area contributed by atoms with Crippen molar-refractivity contribution in [1.82, 2.24) is 4.90 Å². The molecule has 5 heteroatoms. The zero-order chi connectivity index (χ0) is 10.4. The maximum atomic E-state index is 11.1. The van der Waals surface area contributed by atoms with Gasteiger partial charge in [0.15, 0.2) is 0 Å². The molecule has 0 aliphatic carbocycles. The molecule has 0 radical (unpaired) electrons. The third kappa shape index (κ3) is 3.26. The highest BCUT2D eigenvalue weighted by Gasteiger charge is 2.12. The number of hydrogen-bond acceptors (Lipinski definition) is 5. The fourth-order valence-corrected chi connectivity index (χ4v) is 1.22. The molecule has 5 nitrogen and oxygen atoms in total. The Morgan fingerprint density at radius 1 is 1.57 bits per heavy atom. The molecule has 80 valence electrons. The van der Waals surface area contributed by atoms with E-state index in [4.69, 9.17) is 15.2 Å². The van der Waals surface area contributed by atoms with E-state index in [0.717, 1.165) is 13.1 Å². The van der Waals surface area contributed by atoms with Gasteiger partial charge in [0.1, 0.15) is 5.82 Å². The molecule has 0 atom stereocenters. The van der Waals surface area contributed by atoms with Crippen LogP contribution in [0.1, 0.15) is 6.92 Å². The number of carbonyl (C=O) groups is 1. The summed E-state index contributed by atoms with van der Waals surface area (Å²) in [6, 6.07) is 0. The van der Waals surface area contributed by atoms with E-state index in [-0.39, 0.29) is 0 Å². The zero-order valence-electron chi connectivity index (χ0n) is 8.36. The minimum Gasteiger partial charge on any atom is -0.463 e. The summed E-state index contributed by atoms with van der Waals surface area (Å²) in [5.74, 6) is 0.0586. The van der Waals surface area contributed by atoms with Crippen LogP contribution in [-0.4, -0.2) is 43.8 Å². The Kier molecular flexibility index (Phi) is 4.25. The van der Waals surface area contributed by atoms with E-state index in [0.29, 0.717) is 25.6 Å². The molecular weight excluding hydrogens is 184 g/mol. The highest BCUT2D eigenvalue weighted by Crippen LogP contribution is 2.02. The Balaban J connectivity index is 2.44. The summed E-state index contributed by atoms with van der Waals surface area (Å²) in [5.41, 5.74) is 5.71. The molecule has 0 aromatic heterocycles. The number of rotatable bonds is 3. The third-order valence-corrected chi connectivity index (χ3v) is 1.93. The lowest BCUT2D eigenvalue weighted by Crippen LogP contribution is -2.38. The molecule has 1 heterocycles. The van der Waals surface area contributed by atoms with Crippen LogP contribution in [0.15, 0.2) is 11.9 Å². The minimum atomic E-state index is -0.392. The van der Waals surface area contributed by atoms with Gasteiger partial charge in [0.2, 0.25) is 0 Å². The second kappa shape index (κ2) is 5.49. The lowest BCUT2D eigenvalue weighted by atomic mass is 10.4. The van der Waals surface area contributed by atoms with Gasteiger partial charge in [-0.2, -0.15) is 0 Å². The van der Waals surface area contributed by atoms with Crippen LogP contribution in [0.5, 0.6) is 0 Å². The van der Waals surface area contributed by atoms with Crippen LogP contribution < -0.4 is 5.73 Å². The second-order valence-electron chi connectivity index (χ2n) is 2.92. The Bertz CT molecular complexity index is 222. The molecule has 0 bridgehead atoms. The van der Waals surface area contributed by atoms with Gasteiger partial charge in [-0.05, 0) is 6.92 Å². The van der Waals surface area contributed by atoms with Gasteiger partial charge in [0, 0.05) is 13.1 Å². The smallest absolute Gasteiger partial charge is 0.334 e. The number of morpholine rings is 1. The molecule has 1 rings (SSSR count). The van der Waals surface area contributed by atoms with Gasteiger partial charge < -0.3 is 20.1 Å². The Labute approximate surface area is 83.5 Å². The lowest BCUT2D eigenvalue weighted by Gasteiger charge is -2.28.